The van der Waals surface area contributed by atoms with Gasteiger partial charge in [-0.25, -0.2) is 0 Å². The zero-order valence-corrected chi connectivity index (χ0v) is 13.4. The average molecular weight is 373 g/mol. The highest BCUT2D eigenvalue weighted by atomic mass is 79.9. The largest absolute Gasteiger partial charge is 0.330 e. The van der Waals surface area contributed by atoms with Crippen molar-refractivity contribution < 1.29 is 14.5 Å². The molecule has 0 bridgehead atoms. The molecule has 1 aromatic carbocycles. The SMILES string of the molecule is Br.NCC(=O)N1CCC[C@H]1C(=O)Nc1ccc([N+](=O)[O-])cc1. The predicted octanol–water partition coefficient (Wildman–Crippen LogP) is 1.06. The van der Waals surface area contributed by atoms with Crippen molar-refractivity contribution in [3.05, 3.63) is 34.4 Å². The first-order valence-corrected chi connectivity index (χ1v) is 6.58. The number of nitro benzene ring substituents is 1. The van der Waals surface area contributed by atoms with Crippen LogP contribution < -0.4 is 11.1 Å². The summed E-state index contributed by atoms with van der Waals surface area (Å²) in [5, 5.41) is 13.2. The molecule has 1 saturated heterocycles. The number of benzene rings is 1. The summed E-state index contributed by atoms with van der Waals surface area (Å²) in [5.74, 6) is -0.556. The van der Waals surface area contributed by atoms with Gasteiger partial charge in [0.1, 0.15) is 6.04 Å². The molecule has 0 unspecified atom stereocenters. The molecule has 1 aliphatic heterocycles. The molecule has 0 aliphatic carbocycles. The third-order valence-corrected chi connectivity index (χ3v) is 3.40. The number of hydrogen-bond acceptors (Lipinski definition) is 5. The molecule has 1 heterocycles. The Labute approximate surface area is 137 Å². The molecule has 3 N–H and O–H groups in total. The third kappa shape index (κ3) is 4.01. The second-order valence-corrected chi connectivity index (χ2v) is 4.74. The molecule has 8 nitrogen and oxygen atoms in total. The lowest BCUT2D eigenvalue weighted by atomic mass is 10.2. The first kappa shape index (κ1) is 18.1. The molecular weight excluding hydrogens is 356 g/mol. The summed E-state index contributed by atoms with van der Waals surface area (Å²) in [7, 11) is 0. The van der Waals surface area contributed by atoms with E-state index in [0.29, 0.717) is 18.7 Å². The molecule has 0 aromatic heterocycles. The smallest absolute Gasteiger partial charge is 0.269 e. The van der Waals surface area contributed by atoms with Gasteiger partial charge in [0.15, 0.2) is 0 Å². The Morgan fingerprint density at radius 1 is 1.36 bits per heavy atom. The van der Waals surface area contributed by atoms with Crippen LogP contribution in [0.1, 0.15) is 12.8 Å². The predicted molar refractivity (Wildman–Crippen MR) is 85.8 cm³/mol. The standard InChI is InChI=1S/C13H16N4O4.BrH/c14-8-12(18)16-7-1-2-11(16)13(19)15-9-3-5-10(6-4-9)17(20)21;/h3-6,11H,1-2,7-8,14H2,(H,15,19);1H/t11-;/m0./s1. The van der Waals surface area contributed by atoms with Crippen molar-refractivity contribution in [2.24, 2.45) is 5.73 Å². The van der Waals surface area contributed by atoms with Crippen molar-refractivity contribution in [3.63, 3.8) is 0 Å². The summed E-state index contributed by atoms with van der Waals surface area (Å²) in [4.78, 5) is 35.4. The molecule has 0 saturated carbocycles. The fourth-order valence-electron chi connectivity index (χ4n) is 2.35. The molecule has 0 radical (unpaired) electrons. The van der Waals surface area contributed by atoms with Gasteiger partial charge in [-0.2, -0.15) is 0 Å². The molecule has 1 fully saturated rings. The minimum Gasteiger partial charge on any atom is -0.330 e. The van der Waals surface area contributed by atoms with E-state index in [2.05, 4.69) is 5.32 Å². The fraction of sp³-hybridized carbons (Fsp3) is 0.385. The van der Waals surface area contributed by atoms with Crippen LogP contribution in [-0.4, -0.2) is 40.8 Å². The molecule has 22 heavy (non-hydrogen) atoms. The van der Waals surface area contributed by atoms with E-state index in [1.807, 2.05) is 0 Å². The first-order chi connectivity index (χ1) is 10.0. The number of nitrogens with two attached hydrogens (primary N) is 1. The molecular formula is C13H17BrN4O4. The van der Waals surface area contributed by atoms with Gasteiger partial charge in [-0.1, -0.05) is 0 Å². The molecule has 120 valence electrons. The Morgan fingerprint density at radius 2 is 2.00 bits per heavy atom. The van der Waals surface area contributed by atoms with Crippen molar-refractivity contribution in [1.82, 2.24) is 4.90 Å². The van der Waals surface area contributed by atoms with E-state index < -0.39 is 11.0 Å². The van der Waals surface area contributed by atoms with Crippen LogP contribution >= 0.6 is 17.0 Å². The van der Waals surface area contributed by atoms with E-state index in [1.165, 1.54) is 29.2 Å². The number of hydrogen-bond donors (Lipinski definition) is 2. The third-order valence-electron chi connectivity index (χ3n) is 3.40. The van der Waals surface area contributed by atoms with Crippen LogP contribution in [0.25, 0.3) is 0 Å². The number of amides is 2. The number of anilines is 1. The number of carbonyl (C=O) groups excluding carboxylic acids is 2. The number of rotatable bonds is 4. The fourth-order valence-corrected chi connectivity index (χ4v) is 2.35. The van der Waals surface area contributed by atoms with Crippen molar-refractivity contribution in [1.29, 1.82) is 0 Å². The summed E-state index contributed by atoms with van der Waals surface area (Å²) >= 11 is 0. The average Bonchev–Trinajstić information content (AvgIpc) is 2.96. The second kappa shape index (κ2) is 7.85. The van der Waals surface area contributed by atoms with E-state index in [-0.39, 0.29) is 41.0 Å². The lowest BCUT2D eigenvalue weighted by molar-refractivity contribution is -0.384. The monoisotopic (exact) mass is 372 g/mol. The molecule has 2 amide bonds. The second-order valence-electron chi connectivity index (χ2n) is 4.74. The Bertz CT molecular complexity index is 564. The van der Waals surface area contributed by atoms with E-state index in [9.17, 15) is 19.7 Å². The van der Waals surface area contributed by atoms with Crippen LogP contribution in [0.2, 0.25) is 0 Å². The number of nitrogens with one attached hydrogen (secondary N) is 1. The lowest BCUT2D eigenvalue weighted by Gasteiger charge is -2.23. The summed E-state index contributed by atoms with van der Waals surface area (Å²) in [6, 6.07) is 5.01. The maximum absolute atomic E-state index is 12.2. The van der Waals surface area contributed by atoms with Crippen LogP contribution in [0.5, 0.6) is 0 Å². The van der Waals surface area contributed by atoms with Gasteiger partial charge in [0.25, 0.3) is 5.69 Å². The van der Waals surface area contributed by atoms with Crippen molar-refractivity contribution >= 4 is 40.2 Å². The summed E-state index contributed by atoms with van der Waals surface area (Å²) in [6.45, 7) is 0.399. The zero-order valence-electron chi connectivity index (χ0n) is 11.7. The normalized spacial score (nSPS) is 16.8. The van der Waals surface area contributed by atoms with Crippen LogP contribution in [0.15, 0.2) is 24.3 Å². The van der Waals surface area contributed by atoms with E-state index in [4.69, 9.17) is 5.73 Å². The molecule has 2 rings (SSSR count). The summed E-state index contributed by atoms with van der Waals surface area (Å²) in [6.07, 6.45) is 1.34. The van der Waals surface area contributed by atoms with Crippen molar-refractivity contribution in [2.45, 2.75) is 18.9 Å². The number of carbonyl (C=O) groups is 2. The number of nitro groups is 1. The number of halogens is 1. The highest BCUT2D eigenvalue weighted by molar-refractivity contribution is 8.93. The van der Waals surface area contributed by atoms with E-state index >= 15 is 0 Å². The number of non-ortho nitro benzene ring substituents is 1. The van der Waals surface area contributed by atoms with E-state index in [0.717, 1.165) is 6.42 Å². The van der Waals surface area contributed by atoms with Gasteiger partial charge in [0.2, 0.25) is 11.8 Å². The van der Waals surface area contributed by atoms with E-state index in [1.54, 1.807) is 0 Å². The molecule has 1 aliphatic rings. The maximum atomic E-state index is 12.2. The lowest BCUT2D eigenvalue weighted by Crippen LogP contribution is -2.45. The number of likely N-dealkylation sites (tertiary alicyclic amines) is 1. The van der Waals surface area contributed by atoms with Gasteiger partial charge >= 0.3 is 0 Å². The van der Waals surface area contributed by atoms with Gasteiger partial charge in [0.05, 0.1) is 11.5 Å². The maximum Gasteiger partial charge on any atom is 0.269 e. The molecule has 1 aromatic rings. The zero-order chi connectivity index (χ0) is 15.4. The van der Waals surface area contributed by atoms with Crippen molar-refractivity contribution in [3.8, 4) is 0 Å². The minimum absolute atomic E-state index is 0. The first-order valence-electron chi connectivity index (χ1n) is 6.58. The van der Waals surface area contributed by atoms with Gasteiger partial charge in [-0.3, -0.25) is 19.7 Å². The quantitative estimate of drug-likeness (QED) is 0.604. The minimum atomic E-state index is -0.531. The topological polar surface area (TPSA) is 119 Å². The van der Waals surface area contributed by atoms with Crippen LogP contribution in [0.3, 0.4) is 0 Å². The summed E-state index contributed by atoms with van der Waals surface area (Å²) in [5.41, 5.74) is 5.73. The van der Waals surface area contributed by atoms with Gasteiger partial charge < -0.3 is 16.0 Å². The molecule has 9 heteroatoms. The Morgan fingerprint density at radius 3 is 2.55 bits per heavy atom. The Hall–Kier alpha value is -2.00. The Balaban J connectivity index is 0.00000242. The van der Waals surface area contributed by atoms with Crippen LogP contribution in [0.4, 0.5) is 11.4 Å². The van der Waals surface area contributed by atoms with Gasteiger partial charge in [0, 0.05) is 24.4 Å². The van der Waals surface area contributed by atoms with Gasteiger partial charge in [-0.15, -0.1) is 17.0 Å². The highest BCUT2D eigenvalue weighted by Gasteiger charge is 2.33. The molecule has 1 atom stereocenters. The molecule has 0 spiro atoms. The van der Waals surface area contributed by atoms with Crippen LogP contribution in [0, 0.1) is 10.1 Å². The van der Waals surface area contributed by atoms with Gasteiger partial charge in [-0.05, 0) is 25.0 Å². The van der Waals surface area contributed by atoms with Crippen molar-refractivity contribution in [2.75, 3.05) is 18.4 Å². The highest BCUT2D eigenvalue weighted by Crippen LogP contribution is 2.20. The van der Waals surface area contributed by atoms with Crippen LogP contribution in [-0.2, 0) is 9.59 Å². The number of nitrogens with zero attached hydrogens (tertiary/aromatic N) is 2. The summed E-state index contributed by atoms with van der Waals surface area (Å²) < 4.78 is 0. The Kier molecular flexibility index (Phi) is 6.44.